The number of piperidine rings is 1. The minimum absolute atomic E-state index is 0.144. The first kappa shape index (κ1) is 11.0. The minimum atomic E-state index is 0.144. The van der Waals surface area contributed by atoms with Gasteiger partial charge in [0.25, 0.3) is 0 Å². The summed E-state index contributed by atoms with van der Waals surface area (Å²) in [6.07, 6.45) is 6.60. The molecule has 0 radical (unpaired) electrons. The summed E-state index contributed by atoms with van der Waals surface area (Å²) in [6, 6.07) is 0.489. The number of hydrogen-bond acceptors (Lipinski definition) is 4. The van der Waals surface area contributed by atoms with Gasteiger partial charge in [0.15, 0.2) is 0 Å². The summed E-state index contributed by atoms with van der Waals surface area (Å²) in [5.41, 5.74) is 0.930. The summed E-state index contributed by atoms with van der Waals surface area (Å²) in [6.45, 7) is 2.75. The molecule has 1 amide bonds. The molecule has 0 bridgehead atoms. The normalized spacial score (nSPS) is 22.6. The number of nitrogens with one attached hydrogen (secondary N) is 2. The molecule has 5 heteroatoms. The van der Waals surface area contributed by atoms with Crippen molar-refractivity contribution in [3.8, 4) is 0 Å². The summed E-state index contributed by atoms with van der Waals surface area (Å²) < 4.78 is 0. The minimum Gasteiger partial charge on any atom is -0.355 e. The van der Waals surface area contributed by atoms with Crippen LogP contribution in [0.4, 0.5) is 0 Å². The third kappa shape index (κ3) is 2.76. The number of rotatable bonds is 3. The largest absolute Gasteiger partial charge is 0.355 e. The van der Waals surface area contributed by atoms with Gasteiger partial charge >= 0.3 is 0 Å². The van der Waals surface area contributed by atoms with E-state index in [2.05, 4.69) is 27.5 Å². The first-order valence-corrected chi connectivity index (χ1v) is 5.54. The molecule has 16 heavy (non-hydrogen) atoms. The lowest BCUT2D eigenvalue weighted by molar-refractivity contribution is -0.122. The van der Waals surface area contributed by atoms with Crippen molar-refractivity contribution < 1.29 is 4.79 Å². The number of carbonyl (C=O) groups is 1. The van der Waals surface area contributed by atoms with Crippen LogP contribution in [-0.4, -0.2) is 28.5 Å². The van der Waals surface area contributed by atoms with Crippen molar-refractivity contribution in [2.45, 2.75) is 31.8 Å². The lowest BCUT2D eigenvalue weighted by Crippen LogP contribution is -2.46. The average molecular weight is 220 g/mol. The maximum absolute atomic E-state index is 11.0. The van der Waals surface area contributed by atoms with E-state index in [1.807, 2.05) is 0 Å². The Labute approximate surface area is 94.7 Å². The molecular formula is C11H16N4O. The second kappa shape index (κ2) is 5.03. The Morgan fingerprint density at radius 3 is 3.06 bits per heavy atom. The van der Waals surface area contributed by atoms with Crippen LogP contribution in [0, 0.1) is 0 Å². The number of nitrogens with zero attached hydrogens (tertiary/aromatic N) is 2. The van der Waals surface area contributed by atoms with Crippen molar-refractivity contribution in [3.63, 3.8) is 0 Å². The Bertz CT molecular complexity index is 344. The molecule has 5 nitrogen and oxygen atoms in total. The molecule has 1 fully saturated rings. The van der Waals surface area contributed by atoms with Gasteiger partial charge in [-0.25, -0.2) is 0 Å². The lowest BCUT2D eigenvalue weighted by atomic mass is 10.1. The van der Waals surface area contributed by atoms with Crippen molar-refractivity contribution in [1.82, 2.24) is 20.6 Å². The van der Waals surface area contributed by atoms with Crippen molar-refractivity contribution >= 4 is 5.91 Å². The number of amides is 1. The van der Waals surface area contributed by atoms with Crippen LogP contribution in [0.5, 0.6) is 0 Å². The second-order valence-electron chi connectivity index (χ2n) is 4.06. The van der Waals surface area contributed by atoms with Crippen molar-refractivity contribution in [2.24, 2.45) is 0 Å². The fourth-order valence-electron chi connectivity index (χ4n) is 1.85. The van der Waals surface area contributed by atoms with Gasteiger partial charge in [-0.3, -0.25) is 14.8 Å². The van der Waals surface area contributed by atoms with Crippen molar-refractivity contribution in [1.29, 1.82) is 0 Å². The van der Waals surface area contributed by atoms with Gasteiger partial charge in [0.1, 0.15) is 0 Å². The molecule has 2 N–H and O–H groups in total. The third-order valence-electron chi connectivity index (χ3n) is 2.78. The summed E-state index contributed by atoms with van der Waals surface area (Å²) in [5.74, 6) is 0.144. The molecule has 2 rings (SSSR count). The third-order valence-corrected chi connectivity index (χ3v) is 2.78. The van der Waals surface area contributed by atoms with Gasteiger partial charge in [-0.2, -0.15) is 0 Å². The molecule has 1 saturated heterocycles. The van der Waals surface area contributed by atoms with E-state index in [9.17, 15) is 4.79 Å². The standard InChI is InChI=1S/C11H16N4O/c1-8(10-7-12-4-5-13-10)15-9-2-3-11(16)14-6-9/h4-5,7-9,15H,2-3,6H2,1H3,(H,14,16). The Hall–Kier alpha value is -1.49. The topological polar surface area (TPSA) is 66.9 Å². The van der Waals surface area contributed by atoms with Gasteiger partial charge in [0.2, 0.25) is 5.91 Å². The van der Waals surface area contributed by atoms with Gasteiger partial charge in [0, 0.05) is 43.6 Å². The van der Waals surface area contributed by atoms with Gasteiger partial charge in [-0.15, -0.1) is 0 Å². The second-order valence-corrected chi connectivity index (χ2v) is 4.06. The van der Waals surface area contributed by atoms with Gasteiger partial charge in [-0.05, 0) is 13.3 Å². The lowest BCUT2D eigenvalue weighted by Gasteiger charge is -2.26. The van der Waals surface area contributed by atoms with Crippen LogP contribution < -0.4 is 10.6 Å². The Balaban J connectivity index is 1.88. The SMILES string of the molecule is CC(NC1CCC(=O)NC1)c1cnccn1. The van der Waals surface area contributed by atoms with E-state index in [0.717, 1.165) is 12.1 Å². The maximum Gasteiger partial charge on any atom is 0.220 e. The van der Waals surface area contributed by atoms with Crippen LogP contribution in [0.25, 0.3) is 0 Å². The van der Waals surface area contributed by atoms with Gasteiger partial charge < -0.3 is 10.6 Å². The Kier molecular flexibility index (Phi) is 3.46. The molecule has 0 aliphatic carbocycles. The summed E-state index contributed by atoms with van der Waals surface area (Å²) >= 11 is 0. The Morgan fingerprint density at radius 1 is 1.56 bits per heavy atom. The van der Waals surface area contributed by atoms with E-state index in [0.29, 0.717) is 19.0 Å². The monoisotopic (exact) mass is 220 g/mol. The zero-order chi connectivity index (χ0) is 11.4. The smallest absolute Gasteiger partial charge is 0.220 e. The molecule has 0 spiro atoms. The van der Waals surface area contributed by atoms with Crippen LogP contribution in [0.1, 0.15) is 31.5 Å². The van der Waals surface area contributed by atoms with Crippen molar-refractivity contribution in [3.05, 3.63) is 24.3 Å². The first-order chi connectivity index (χ1) is 7.75. The number of aromatic nitrogens is 2. The number of carbonyl (C=O) groups excluding carboxylic acids is 1. The van der Waals surface area contributed by atoms with Crippen LogP contribution in [0.3, 0.4) is 0 Å². The summed E-state index contributed by atoms with van der Waals surface area (Å²) in [5, 5.41) is 6.29. The highest BCUT2D eigenvalue weighted by atomic mass is 16.1. The fraction of sp³-hybridized carbons (Fsp3) is 0.545. The molecule has 86 valence electrons. The van der Waals surface area contributed by atoms with Crippen LogP contribution in [0.2, 0.25) is 0 Å². The average Bonchev–Trinajstić information content (AvgIpc) is 2.33. The van der Waals surface area contributed by atoms with Gasteiger partial charge in [0.05, 0.1) is 5.69 Å². The van der Waals surface area contributed by atoms with Crippen LogP contribution >= 0.6 is 0 Å². The van der Waals surface area contributed by atoms with E-state index in [1.165, 1.54) is 0 Å². The summed E-state index contributed by atoms with van der Waals surface area (Å²) in [7, 11) is 0. The predicted octanol–water partition coefficient (Wildman–Crippen LogP) is 0.406. The first-order valence-electron chi connectivity index (χ1n) is 5.54. The van der Waals surface area contributed by atoms with E-state index >= 15 is 0 Å². The van der Waals surface area contributed by atoms with E-state index in [-0.39, 0.29) is 11.9 Å². The predicted molar refractivity (Wildman–Crippen MR) is 59.6 cm³/mol. The molecular weight excluding hydrogens is 204 g/mol. The Morgan fingerprint density at radius 2 is 2.44 bits per heavy atom. The quantitative estimate of drug-likeness (QED) is 0.774. The van der Waals surface area contributed by atoms with Crippen LogP contribution in [0.15, 0.2) is 18.6 Å². The highest BCUT2D eigenvalue weighted by Gasteiger charge is 2.20. The zero-order valence-corrected chi connectivity index (χ0v) is 9.31. The van der Waals surface area contributed by atoms with Crippen molar-refractivity contribution in [2.75, 3.05) is 6.54 Å². The highest BCUT2D eigenvalue weighted by molar-refractivity contribution is 5.76. The molecule has 0 aromatic carbocycles. The van der Waals surface area contributed by atoms with Gasteiger partial charge in [-0.1, -0.05) is 0 Å². The molecule has 1 aromatic rings. The molecule has 0 saturated carbocycles. The van der Waals surface area contributed by atoms with E-state index in [4.69, 9.17) is 0 Å². The molecule has 2 atom stereocenters. The molecule has 2 heterocycles. The molecule has 2 unspecified atom stereocenters. The van der Waals surface area contributed by atoms with E-state index < -0.39 is 0 Å². The molecule has 1 aliphatic rings. The maximum atomic E-state index is 11.0. The van der Waals surface area contributed by atoms with Crippen LogP contribution in [-0.2, 0) is 4.79 Å². The molecule has 1 aliphatic heterocycles. The fourth-order valence-corrected chi connectivity index (χ4v) is 1.85. The summed E-state index contributed by atoms with van der Waals surface area (Å²) in [4.78, 5) is 19.3. The van der Waals surface area contributed by atoms with E-state index in [1.54, 1.807) is 18.6 Å². The number of hydrogen-bond donors (Lipinski definition) is 2. The molecule has 1 aromatic heterocycles. The highest BCUT2D eigenvalue weighted by Crippen LogP contribution is 2.11. The zero-order valence-electron chi connectivity index (χ0n) is 9.31.